The highest BCUT2D eigenvalue weighted by Crippen LogP contribution is 2.25. The molecule has 1 fully saturated rings. The molecule has 0 bridgehead atoms. The highest BCUT2D eigenvalue weighted by Gasteiger charge is 2.29. The van der Waals surface area contributed by atoms with E-state index in [0.29, 0.717) is 18.7 Å². The minimum Gasteiger partial charge on any atom is -0.505 e. The van der Waals surface area contributed by atoms with Crippen LogP contribution in [0.2, 0.25) is 0 Å². The number of nitrogens with one attached hydrogen (secondary N) is 1. The molecule has 1 aliphatic rings. The number of halogens is 1. The average Bonchev–Trinajstić information content (AvgIpc) is 2.72. The molecule has 0 radical (unpaired) electrons. The van der Waals surface area contributed by atoms with Crippen molar-refractivity contribution in [1.82, 2.24) is 5.32 Å². The van der Waals surface area contributed by atoms with Crippen LogP contribution in [0.3, 0.4) is 0 Å². The molecule has 2 rings (SSSR count). The molecule has 1 unspecified atom stereocenters. The molecule has 17 heavy (non-hydrogen) atoms. The largest absolute Gasteiger partial charge is 0.505 e. The third-order valence-electron chi connectivity index (χ3n) is 3.19. The standard InChI is InChI=1S/C13H18FNO2/c1-13(6-3-7-17-13)9-15-8-10-4-2-5-11(14)12(10)16/h2,4-5,15-16H,3,6-9H2,1H3. The van der Waals surface area contributed by atoms with E-state index >= 15 is 0 Å². The van der Waals surface area contributed by atoms with Crippen molar-refractivity contribution in [2.75, 3.05) is 13.2 Å². The molecular formula is C13H18FNO2. The van der Waals surface area contributed by atoms with Crippen molar-refractivity contribution in [1.29, 1.82) is 0 Å². The number of hydrogen-bond donors (Lipinski definition) is 2. The minimum atomic E-state index is -0.576. The number of para-hydroxylation sites is 1. The molecule has 0 saturated carbocycles. The van der Waals surface area contributed by atoms with E-state index in [9.17, 15) is 9.50 Å². The van der Waals surface area contributed by atoms with Crippen LogP contribution >= 0.6 is 0 Å². The van der Waals surface area contributed by atoms with Gasteiger partial charge in [0.2, 0.25) is 0 Å². The summed E-state index contributed by atoms with van der Waals surface area (Å²) in [7, 11) is 0. The van der Waals surface area contributed by atoms with Gasteiger partial charge in [0.05, 0.1) is 5.60 Å². The molecule has 2 N–H and O–H groups in total. The Hall–Kier alpha value is -1.13. The topological polar surface area (TPSA) is 41.5 Å². The SMILES string of the molecule is CC1(CNCc2cccc(F)c2O)CCCO1. The number of rotatable bonds is 4. The van der Waals surface area contributed by atoms with E-state index in [-0.39, 0.29) is 11.4 Å². The van der Waals surface area contributed by atoms with Crippen LogP contribution in [0.15, 0.2) is 18.2 Å². The smallest absolute Gasteiger partial charge is 0.165 e. The van der Waals surface area contributed by atoms with E-state index in [1.54, 1.807) is 12.1 Å². The van der Waals surface area contributed by atoms with Crippen LogP contribution in [0.1, 0.15) is 25.3 Å². The highest BCUT2D eigenvalue weighted by atomic mass is 19.1. The fourth-order valence-electron chi connectivity index (χ4n) is 2.14. The lowest BCUT2D eigenvalue weighted by Crippen LogP contribution is -2.36. The Morgan fingerprint density at radius 1 is 1.53 bits per heavy atom. The van der Waals surface area contributed by atoms with Gasteiger partial charge in [-0.3, -0.25) is 0 Å². The predicted molar refractivity (Wildman–Crippen MR) is 63.4 cm³/mol. The molecule has 0 aliphatic carbocycles. The van der Waals surface area contributed by atoms with Crippen LogP contribution in [0, 0.1) is 5.82 Å². The van der Waals surface area contributed by atoms with E-state index in [1.807, 2.05) is 0 Å². The fraction of sp³-hybridized carbons (Fsp3) is 0.538. The summed E-state index contributed by atoms with van der Waals surface area (Å²) in [5.74, 6) is -0.842. The maximum atomic E-state index is 13.1. The van der Waals surface area contributed by atoms with Gasteiger partial charge in [0.25, 0.3) is 0 Å². The van der Waals surface area contributed by atoms with Gasteiger partial charge >= 0.3 is 0 Å². The summed E-state index contributed by atoms with van der Waals surface area (Å²) in [4.78, 5) is 0. The zero-order chi connectivity index (χ0) is 12.3. The number of phenols is 1. The van der Waals surface area contributed by atoms with Gasteiger partial charge in [0, 0.05) is 25.3 Å². The first kappa shape index (κ1) is 12.3. The molecule has 1 heterocycles. The number of benzene rings is 1. The van der Waals surface area contributed by atoms with Crippen molar-refractivity contribution in [2.45, 2.75) is 31.9 Å². The first-order valence-electron chi connectivity index (χ1n) is 5.92. The van der Waals surface area contributed by atoms with Crippen LogP contribution in [0.4, 0.5) is 4.39 Å². The van der Waals surface area contributed by atoms with E-state index in [2.05, 4.69) is 12.2 Å². The summed E-state index contributed by atoms with van der Waals surface area (Å²) in [5, 5.41) is 12.7. The number of ether oxygens (including phenoxy) is 1. The van der Waals surface area contributed by atoms with Gasteiger partial charge in [-0.15, -0.1) is 0 Å². The Kier molecular flexibility index (Phi) is 3.64. The lowest BCUT2D eigenvalue weighted by molar-refractivity contribution is 0.0206. The van der Waals surface area contributed by atoms with Crippen LogP contribution in [-0.4, -0.2) is 23.9 Å². The summed E-state index contributed by atoms with van der Waals surface area (Å²) in [6, 6.07) is 4.56. The lowest BCUT2D eigenvalue weighted by atomic mass is 10.0. The highest BCUT2D eigenvalue weighted by molar-refractivity contribution is 5.33. The molecule has 1 aromatic rings. The third-order valence-corrected chi connectivity index (χ3v) is 3.19. The van der Waals surface area contributed by atoms with Crippen molar-refractivity contribution in [3.8, 4) is 5.75 Å². The van der Waals surface area contributed by atoms with E-state index in [4.69, 9.17) is 4.74 Å². The third kappa shape index (κ3) is 2.96. The van der Waals surface area contributed by atoms with E-state index < -0.39 is 5.82 Å². The van der Waals surface area contributed by atoms with Crippen LogP contribution in [0.5, 0.6) is 5.75 Å². The van der Waals surface area contributed by atoms with Crippen LogP contribution < -0.4 is 5.32 Å². The molecule has 94 valence electrons. The van der Waals surface area contributed by atoms with Gasteiger partial charge in [-0.25, -0.2) is 4.39 Å². The first-order chi connectivity index (χ1) is 8.11. The van der Waals surface area contributed by atoms with Crippen molar-refractivity contribution in [2.24, 2.45) is 0 Å². The Labute approximate surface area is 101 Å². The summed E-state index contributed by atoms with van der Waals surface area (Å²) >= 11 is 0. The summed E-state index contributed by atoms with van der Waals surface area (Å²) in [6.07, 6.45) is 2.12. The Morgan fingerprint density at radius 3 is 3.06 bits per heavy atom. The number of aromatic hydroxyl groups is 1. The Morgan fingerprint density at radius 2 is 2.35 bits per heavy atom. The maximum absolute atomic E-state index is 13.1. The zero-order valence-corrected chi connectivity index (χ0v) is 10.0. The van der Waals surface area contributed by atoms with Gasteiger partial charge in [0.15, 0.2) is 11.6 Å². The summed E-state index contributed by atoms with van der Waals surface area (Å²) in [6.45, 7) is 4.04. The molecule has 3 nitrogen and oxygen atoms in total. The molecule has 1 saturated heterocycles. The summed E-state index contributed by atoms with van der Waals surface area (Å²) in [5.41, 5.74) is 0.453. The number of hydrogen-bond acceptors (Lipinski definition) is 3. The van der Waals surface area contributed by atoms with Crippen LogP contribution in [0.25, 0.3) is 0 Å². The number of phenolic OH excluding ortho intramolecular Hbond substituents is 1. The van der Waals surface area contributed by atoms with E-state index in [0.717, 1.165) is 19.4 Å². The monoisotopic (exact) mass is 239 g/mol. The molecular weight excluding hydrogens is 221 g/mol. The van der Waals surface area contributed by atoms with E-state index in [1.165, 1.54) is 6.07 Å². The maximum Gasteiger partial charge on any atom is 0.165 e. The molecule has 4 heteroatoms. The van der Waals surface area contributed by atoms with Gasteiger partial charge in [-0.2, -0.15) is 0 Å². The molecule has 0 spiro atoms. The Balaban J connectivity index is 1.88. The first-order valence-corrected chi connectivity index (χ1v) is 5.92. The second-order valence-electron chi connectivity index (χ2n) is 4.75. The normalized spacial score (nSPS) is 24.1. The molecule has 1 aromatic carbocycles. The second kappa shape index (κ2) is 5.02. The van der Waals surface area contributed by atoms with Crippen molar-refractivity contribution in [3.05, 3.63) is 29.6 Å². The van der Waals surface area contributed by atoms with Gasteiger partial charge < -0.3 is 15.2 Å². The molecule has 1 aliphatic heterocycles. The van der Waals surface area contributed by atoms with Gasteiger partial charge in [-0.05, 0) is 25.8 Å². The van der Waals surface area contributed by atoms with Gasteiger partial charge in [-0.1, -0.05) is 12.1 Å². The predicted octanol–water partition coefficient (Wildman–Crippen LogP) is 2.19. The van der Waals surface area contributed by atoms with Crippen molar-refractivity contribution < 1.29 is 14.2 Å². The molecule has 0 amide bonds. The second-order valence-corrected chi connectivity index (χ2v) is 4.75. The quantitative estimate of drug-likeness (QED) is 0.846. The average molecular weight is 239 g/mol. The lowest BCUT2D eigenvalue weighted by Gasteiger charge is -2.23. The molecule has 1 atom stereocenters. The van der Waals surface area contributed by atoms with Crippen LogP contribution in [-0.2, 0) is 11.3 Å². The molecule has 0 aromatic heterocycles. The summed E-state index contributed by atoms with van der Waals surface area (Å²) < 4.78 is 18.7. The fourth-order valence-corrected chi connectivity index (χ4v) is 2.14. The van der Waals surface area contributed by atoms with Crippen molar-refractivity contribution >= 4 is 0 Å². The van der Waals surface area contributed by atoms with Gasteiger partial charge in [0.1, 0.15) is 0 Å². The Bertz CT molecular complexity index is 389. The zero-order valence-electron chi connectivity index (χ0n) is 10.0. The minimum absolute atomic E-state index is 0.122. The van der Waals surface area contributed by atoms with Crippen molar-refractivity contribution in [3.63, 3.8) is 0 Å².